The van der Waals surface area contributed by atoms with Crippen LogP contribution in [0.1, 0.15) is 47.0 Å². The molecule has 0 aromatic heterocycles. The van der Waals surface area contributed by atoms with Crippen molar-refractivity contribution in [2.45, 2.75) is 53.0 Å². The number of hydrogen-bond acceptors (Lipinski definition) is 4. The molecule has 18 heavy (non-hydrogen) atoms. The fourth-order valence-corrected chi connectivity index (χ4v) is 3.13. The number of nitrogens with one attached hydrogen (secondary N) is 1. The Kier molecular flexibility index (Phi) is 10.6. The Morgan fingerprint density at radius 2 is 1.83 bits per heavy atom. The number of carbonyl (C=O) groups excluding carboxylic acids is 2. The number of hydrogen-bond donors (Lipinski definition) is 1. The van der Waals surface area contributed by atoms with E-state index in [-0.39, 0.29) is 23.7 Å². The average molecular weight is 291 g/mol. The van der Waals surface area contributed by atoms with Crippen molar-refractivity contribution in [3.05, 3.63) is 0 Å². The van der Waals surface area contributed by atoms with Crippen molar-refractivity contribution in [1.29, 1.82) is 0 Å². The summed E-state index contributed by atoms with van der Waals surface area (Å²) in [4.78, 5) is 23.6. The van der Waals surface area contributed by atoms with Gasteiger partial charge in [0.25, 0.3) is 0 Å². The zero-order valence-electron chi connectivity index (χ0n) is 11.8. The first-order valence-corrected chi connectivity index (χ1v) is 9.13. The van der Waals surface area contributed by atoms with Gasteiger partial charge in [0.2, 0.25) is 5.91 Å². The minimum absolute atomic E-state index is 0.00237. The molecule has 0 aromatic carbocycles. The Morgan fingerprint density at radius 1 is 1.17 bits per heavy atom. The van der Waals surface area contributed by atoms with Gasteiger partial charge in [-0.1, -0.05) is 49.3 Å². The Labute approximate surface area is 119 Å². The molecule has 0 rings (SSSR count). The van der Waals surface area contributed by atoms with Crippen LogP contribution in [0, 0.1) is 5.92 Å². The molecule has 0 fully saturated rings. The van der Waals surface area contributed by atoms with Crippen LogP contribution in [0.5, 0.6) is 0 Å². The summed E-state index contributed by atoms with van der Waals surface area (Å²) in [6.45, 7) is 7.83. The second-order valence-electron chi connectivity index (χ2n) is 4.21. The molecule has 5 heteroatoms. The van der Waals surface area contributed by atoms with Gasteiger partial charge < -0.3 is 5.32 Å². The second-order valence-corrected chi connectivity index (χ2v) is 7.08. The van der Waals surface area contributed by atoms with Gasteiger partial charge in [-0.15, -0.1) is 0 Å². The van der Waals surface area contributed by atoms with Crippen molar-refractivity contribution in [3.63, 3.8) is 0 Å². The molecule has 0 spiro atoms. The fourth-order valence-electron chi connectivity index (χ4n) is 1.37. The van der Waals surface area contributed by atoms with E-state index < -0.39 is 0 Å². The van der Waals surface area contributed by atoms with Gasteiger partial charge in [0, 0.05) is 23.8 Å². The van der Waals surface area contributed by atoms with Crippen LogP contribution in [0.3, 0.4) is 0 Å². The Balaban J connectivity index is 4.23. The third-order valence-electron chi connectivity index (χ3n) is 2.80. The molecular formula is C13H25NO2S2. The molecule has 0 saturated carbocycles. The number of Topliss-reactive ketones (excluding diaryl/α,β-unsaturated/α-hetero) is 1. The Morgan fingerprint density at radius 3 is 2.33 bits per heavy atom. The summed E-state index contributed by atoms with van der Waals surface area (Å²) in [5.41, 5.74) is 0. The van der Waals surface area contributed by atoms with Gasteiger partial charge in [0.05, 0.1) is 6.04 Å². The maximum Gasteiger partial charge on any atom is 0.223 e. The molecule has 0 radical (unpaired) electrons. The van der Waals surface area contributed by atoms with Crippen molar-refractivity contribution in [1.82, 2.24) is 5.32 Å². The lowest BCUT2D eigenvalue weighted by Crippen LogP contribution is -2.43. The van der Waals surface area contributed by atoms with E-state index in [1.54, 1.807) is 21.6 Å². The van der Waals surface area contributed by atoms with Crippen molar-refractivity contribution in [2.75, 3.05) is 11.5 Å². The van der Waals surface area contributed by atoms with E-state index >= 15 is 0 Å². The monoisotopic (exact) mass is 291 g/mol. The molecule has 0 aliphatic rings. The molecule has 2 atom stereocenters. The van der Waals surface area contributed by atoms with Gasteiger partial charge in [-0.25, -0.2) is 0 Å². The van der Waals surface area contributed by atoms with E-state index in [9.17, 15) is 9.59 Å². The number of rotatable bonds is 10. The van der Waals surface area contributed by atoms with E-state index in [0.29, 0.717) is 6.42 Å². The lowest BCUT2D eigenvalue weighted by molar-refractivity contribution is -0.129. The molecule has 3 nitrogen and oxygen atoms in total. The number of carbonyl (C=O) groups is 2. The Bertz CT molecular complexity index is 259. The predicted molar refractivity (Wildman–Crippen MR) is 81.9 cm³/mol. The zero-order chi connectivity index (χ0) is 14.0. The molecule has 2 unspecified atom stereocenters. The van der Waals surface area contributed by atoms with E-state index in [0.717, 1.165) is 24.3 Å². The topological polar surface area (TPSA) is 46.2 Å². The van der Waals surface area contributed by atoms with E-state index in [4.69, 9.17) is 0 Å². The molecular weight excluding hydrogens is 266 g/mol. The summed E-state index contributed by atoms with van der Waals surface area (Å²) in [5.74, 6) is 2.08. The maximum absolute atomic E-state index is 11.8. The summed E-state index contributed by atoms with van der Waals surface area (Å²) in [6.07, 6.45) is 2.02. The molecule has 0 aliphatic carbocycles. The second kappa shape index (κ2) is 10.7. The Hall–Kier alpha value is -0.160. The smallest absolute Gasteiger partial charge is 0.223 e. The van der Waals surface area contributed by atoms with E-state index in [1.807, 2.05) is 20.8 Å². The third-order valence-corrected chi connectivity index (χ3v) is 5.32. The number of amides is 1. The highest BCUT2D eigenvalue weighted by Crippen LogP contribution is 2.22. The van der Waals surface area contributed by atoms with Crippen LogP contribution in [0.2, 0.25) is 0 Å². The van der Waals surface area contributed by atoms with Crippen molar-refractivity contribution >= 4 is 33.3 Å². The molecule has 0 bridgehead atoms. The van der Waals surface area contributed by atoms with Crippen LogP contribution in [0.15, 0.2) is 0 Å². The van der Waals surface area contributed by atoms with Crippen LogP contribution < -0.4 is 5.32 Å². The largest absolute Gasteiger partial charge is 0.346 e. The zero-order valence-corrected chi connectivity index (χ0v) is 13.5. The van der Waals surface area contributed by atoms with Crippen LogP contribution in [-0.4, -0.2) is 29.2 Å². The molecule has 0 heterocycles. The van der Waals surface area contributed by atoms with Crippen LogP contribution in [-0.2, 0) is 9.59 Å². The van der Waals surface area contributed by atoms with Gasteiger partial charge in [-0.3, -0.25) is 9.59 Å². The summed E-state index contributed by atoms with van der Waals surface area (Å²) in [7, 11) is 3.56. The first kappa shape index (κ1) is 17.8. The molecule has 1 amide bonds. The molecule has 1 N–H and O–H groups in total. The van der Waals surface area contributed by atoms with Crippen LogP contribution >= 0.6 is 21.6 Å². The molecule has 106 valence electrons. The highest BCUT2D eigenvalue weighted by Gasteiger charge is 2.21. The van der Waals surface area contributed by atoms with E-state index in [1.165, 1.54) is 0 Å². The first-order chi connectivity index (χ1) is 8.56. The average Bonchev–Trinajstić information content (AvgIpc) is 2.39. The van der Waals surface area contributed by atoms with Crippen LogP contribution in [0.25, 0.3) is 0 Å². The van der Waals surface area contributed by atoms with Gasteiger partial charge in [0.1, 0.15) is 0 Å². The SMILES string of the molecule is CCSSCCC(NC(=O)C(C)CC)C(=O)CC. The quantitative estimate of drug-likeness (QED) is 0.495. The van der Waals surface area contributed by atoms with Crippen molar-refractivity contribution < 1.29 is 9.59 Å². The summed E-state index contributed by atoms with van der Waals surface area (Å²) in [5, 5.41) is 2.88. The van der Waals surface area contributed by atoms with Crippen molar-refractivity contribution in [2.24, 2.45) is 5.92 Å². The van der Waals surface area contributed by atoms with Gasteiger partial charge in [-0.2, -0.15) is 0 Å². The highest BCUT2D eigenvalue weighted by atomic mass is 33.1. The molecule has 0 aromatic rings. The summed E-state index contributed by atoms with van der Waals surface area (Å²) >= 11 is 0. The molecule has 0 aliphatic heterocycles. The lowest BCUT2D eigenvalue weighted by atomic mass is 10.0. The van der Waals surface area contributed by atoms with Gasteiger partial charge >= 0.3 is 0 Å². The minimum Gasteiger partial charge on any atom is -0.346 e. The van der Waals surface area contributed by atoms with Crippen LogP contribution in [0.4, 0.5) is 0 Å². The lowest BCUT2D eigenvalue weighted by Gasteiger charge is -2.19. The number of ketones is 1. The maximum atomic E-state index is 11.8. The summed E-state index contributed by atoms with van der Waals surface area (Å²) in [6, 6.07) is -0.304. The standard InChI is InChI=1S/C13H25NO2S2/c1-5-10(4)13(16)14-11(12(15)6-2)8-9-18-17-7-3/h10-11H,5-9H2,1-4H3,(H,14,16). The minimum atomic E-state index is -0.304. The van der Waals surface area contributed by atoms with E-state index in [2.05, 4.69) is 12.2 Å². The highest BCUT2D eigenvalue weighted by molar-refractivity contribution is 8.76. The van der Waals surface area contributed by atoms with Crippen molar-refractivity contribution in [3.8, 4) is 0 Å². The summed E-state index contributed by atoms with van der Waals surface area (Å²) < 4.78 is 0. The fraction of sp³-hybridized carbons (Fsp3) is 0.846. The normalized spacial score (nSPS) is 14.0. The molecule has 0 saturated heterocycles. The van der Waals surface area contributed by atoms with Gasteiger partial charge in [0.15, 0.2) is 5.78 Å². The predicted octanol–water partition coefficient (Wildman–Crippen LogP) is 3.29. The third kappa shape index (κ3) is 7.31. The first-order valence-electron chi connectivity index (χ1n) is 6.64. The van der Waals surface area contributed by atoms with Gasteiger partial charge in [-0.05, 0) is 12.8 Å².